The molecule has 11 nitrogen and oxygen atoms in total. The zero-order valence-electron chi connectivity index (χ0n) is 31.9. The Hall–Kier alpha value is -4.69. The molecule has 56 heavy (non-hydrogen) atoms. The lowest BCUT2D eigenvalue weighted by molar-refractivity contribution is -0.125. The zero-order chi connectivity index (χ0) is 39.5. The highest BCUT2D eigenvalue weighted by Gasteiger charge is 2.49. The maximum Gasteiger partial charge on any atom is 0.410 e. The molecule has 0 radical (unpaired) electrons. The van der Waals surface area contributed by atoms with Gasteiger partial charge in [0, 0.05) is 68.9 Å². The minimum Gasteiger partial charge on any atom is -0.461 e. The number of nitrogens with zero attached hydrogens (tertiary/aromatic N) is 7. The SMILES string of the molecule is CN(c1nc(OC[C@@]23CCCN2C[C@H](F)C3)nc2c(F)c(-c3cccc4ccc(F)c(Cl)c34)ncc12)[C@@H]1CCN(C(=O)/C=C/[C@H]2CCN2C(=O)OC(C)(C)C)C1. The van der Waals surface area contributed by atoms with Gasteiger partial charge in [-0.05, 0) is 64.5 Å². The summed E-state index contributed by atoms with van der Waals surface area (Å²) in [5.41, 5.74) is -0.912. The number of amides is 2. The maximum absolute atomic E-state index is 16.9. The van der Waals surface area contributed by atoms with Crippen molar-refractivity contribution in [1.29, 1.82) is 0 Å². The lowest BCUT2D eigenvalue weighted by Crippen LogP contribution is -2.51. The van der Waals surface area contributed by atoms with Crippen molar-refractivity contribution in [3.8, 4) is 17.3 Å². The van der Waals surface area contributed by atoms with E-state index in [1.165, 1.54) is 18.3 Å². The van der Waals surface area contributed by atoms with Crippen LogP contribution < -0.4 is 9.64 Å². The lowest BCUT2D eigenvalue weighted by Gasteiger charge is -2.39. The normalized spacial score (nSPS) is 24.0. The van der Waals surface area contributed by atoms with Crippen LogP contribution in [0, 0.1) is 11.6 Å². The molecule has 296 valence electrons. The highest BCUT2D eigenvalue weighted by molar-refractivity contribution is 6.36. The third-order valence-electron chi connectivity index (χ3n) is 11.6. The zero-order valence-corrected chi connectivity index (χ0v) is 32.7. The number of carbonyl (C=O) groups is 2. The van der Waals surface area contributed by atoms with Crippen molar-refractivity contribution in [2.45, 2.75) is 82.3 Å². The van der Waals surface area contributed by atoms with Crippen molar-refractivity contribution in [3.63, 3.8) is 0 Å². The quantitative estimate of drug-likeness (QED) is 0.170. The Kier molecular flexibility index (Phi) is 10.0. The molecule has 15 heteroatoms. The fourth-order valence-corrected chi connectivity index (χ4v) is 8.86. The van der Waals surface area contributed by atoms with Crippen molar-refractivity contribution in [1.82, 2.24) is 29.7 Å². The number of likely N-dealkylation sites (tertiary alicyclic amines) is 2. The second-order valence-corrected chi connectivity index (χ2v) is 16.7. The lowest BCUT2D eigenvalue weighted by atomic mass is 9.95. The summed E-state index contributed by atoms with van der Waals surface area (Å²) in [6, 6.07) is 7.48. The topological polar surface area (TPSA) is 104 Å². The van der Waals surface area contributed by atoms with Crippen LogP contribution in [0.3, 0.4) is 0 Å². The predicted octanol–water partition coefficient (Wildman–Crippen LogP) is 7.33. The minimum absolute atomic E-state index is 0.0501. The number of anilines is 1. The highest BCUT2D eigenvalue weighted by Crippen LogP contribution is 2.42. The van der Waals surface area contributed by atoms with E-state index in [-0.39, 0.29) is 46.8 Å². The molecule has 4 aliphatic rings. The Morgan fingerprint density at radius 1 is 1.09 bits per heavy atom. The Labute approximate surface area is 328 Å². The number of pyridine rings is 1. The summed E-state index contributed by atoms with van der Waals surface area (Å²) < 4.78 is 58.0. The van der Waals surface area contributed by atoms with Crippen molar-refractivity contribution in [2.75, 3.05) is 51.3 Å². The Balaban J connectivity index is 1.08. The van der Waals surface area contributed by atoms with E-state index in [0.717, 1.165) is 25.8 Å². The largest absolute Gasteiger partial charge is 0.461 e. The van der Waals surface area contributed by atoms with Gasteiger partial charge in [-0.3, -0.25) is 14.7 Å². The molecule has 0 bridgehead atoms. The van der Waals surface area contributed by atoms with Crippen LogP contribution in [-0.4, -0.2) is 117 Å². The molecule has 4 saturated heterocycles. The number of ether oxygens (including phenoxy) is 2. The van der Waals surface area contributed by atoms with Crippen LogP contribution in [-0.2, 0) is 9.53 Å². The van der Waals surface area contributed by atoms with Gasteiger partial charge in [0.2, 0.25) is 5.91 Å². The molecule has 0 unspecified atom stereocenters. The molecule has 0 saturated carbocycles. The predicted molar refractivity (Wildman–Crippen MR) is 208 cm³/mol. The van der Waals surface area contributed by atoms with Gasteiger partial charge in [0.1, 0.15) is 41.2 Å². The second kappa shape index (κ2) is 14.7. The second-order valence-electron chi connectivity index (χ2n) is 16.4. The summed E-state index contributed by atoms with van der Waals surface area (Å²) in [6.45, 7) is 8.12. The summed E-state index contributed by atoms with van der Waals surface area (Å²) >= 11 is 6.43. The first kappa shape index (κ1) is 38.2. The molecule has 2 amide bonds. The van der Waals surface area contributed by atoms with Crippen molar-refractivity contribution in [3.05, 3.63) is 65.3 Å². The van der Waals surface area contributed by atoms with E-state index in [2.05, 4.69) is 14.9 Å². The number of hydrogen-bond acceptors (Lipinski definition) is 9. The molecular weight excluding hydrogens is 747 g/mol. The fourth-order valence-electron chi connectivity index (χ4n) is 8.58. The van der Waals surface area contributed by atoms with Crippen LogP contribution in [0.5, 0.6) is 6.01 Å². The van der Waals surface area contributed by atoms with E-state index in [0.29, 0.717) is 66.6 Å². The van der Waals surface area contributed by atoms with Crippen molar-refractivity contribution >= 4 is 51.1 Å². The molecule has 0 spiro atoms. The average Bonchev–Trinajstić information content (AvgIpc) is 3.86. The van der Waals surface area contributed by atoms with Gasteiger partial charge in [-0.2, -0.15) is 9.97 Å². The van der Waals surface area contributed by atoms with Gasteiger partial charge in [-0.15, -0.1) is 0 Å². The first-order valence-corrected chi connectivity index (χ1v) is 19.5. The third-order valence-corrected chi connectivity index (χ3v) is 11.9. The van der Waals surface area contributed by atoms with Crippen LogP contribution in [0.2, 0.25) is 5.02 Å². The van der Waals surface area contributed by atoms with E-state index in [4.69, 9.17) is 26.1 Å². The van der Waals surface area contributed by atoms with Crippen LogP contribution in [0.25, 0.3) is 32.9 Å². The van der Waals surface area contributed by atoms with Gasteiger partial charge in [0.05, 0.1) is 22.0 Å². The molecule has 4 aliphatic heterocycles. The monoisotopic (exact) mass is 791 g/mol. The smallest absolute Gasteiger partial charge is 0.410 e. The van der Waals surface area contributed by atoms with Gasteiger partial charge in [0.15, 0.2) is 5.82 Å². The maximum atomic E-state index is 16.9. The molecule has 6 heterocycles. The molecule has 2 aromatic carbocycles. The molecule has 0 N–H and O–H groups in total. The molecule has 4 aromatic rings. The molecular formula is C41H45ClF3N7O4. The van der Waals surface area contributed by atoms with E-state index in [1.54, 1.807) is 40.1 Å². The molecule has 0 aliphatic carbocycles. The third kappa shape index (κ3) is 7.10. The number of carbonyl (C=O) groups excluding carboxylic acids is 2. The molecule has 4 fully saturated rings. The summed E-state index contributed by atoms with van der Waals surface area (Å²) in [7, 11) is 1.83. The van der Waals surface area contributed by atoms with Gasteiger partial charge in [-0.1, -0.05) is 41.9 Å². The average molecular weight is 792 g/mol. The molecule has 4 atom stereocenters. The first-order chi connectivity index (χ1) is 26.7. The molecule has 2 aromatic heterocycles. The summed E-state index contributed by atoms with van der Waals surface area (Å²) in [5.74, 6) is -1.22. The van der Waals surface area contributed by atoms with E-state index < -0.39 is 35.0 Å². The van der Waals surface area contributed by atoms with Gasteiger partial charge >= 0.3 is 12.1 Å². The van der Waals surface area contributed by atoms with Crippen LogP contribution in [0.4, 0.5) is 23.8 Å². The van der Waals surface area contributed by atoms with Gasteiger partial charge < -0.3 is 24.2 Å². The van der Waals surface area contributed by atoms with E-state index >= 15 is 4.39 Å². The van der Waals surface area contributed by atoms with Crippen molar-refractivity contribution < 1.29 is 32.2 Å². The summed E-state index contributed by atoms with van der Waals surface area (Å²) in [4.78, 5) is 47.2. The van der Waals surface area contributed by atoms with E-state index in [1.807, 2.05) is 32.7 Å². The number of likely N-dealkylation sites (N-methyl/N-ethyl adjacent to an activating group) is 1. The van der Waals surface area contributed by atoms with Gasteiger partial charge in [-0.25, -0.2) is 18.0 Å². The number of alkyl halides is 1. The number of halogens is 4. The van der Waals surface area contributed by atoms with Crippen LogP contribution in [0.1, 0.15) is 52.9 Å². The van der Waals surface area contributed by atoms with Crippen LogP contribution in [0.15, 0.2) is 48.7 Å². The number of fused-ring (bicyclic) bond motifs is 3. The standard InChI is InChI=1S/C41H45ClF3N7O4/c1-40(2,3)56-39(54)52-18-14-26(52)10-12-31(53)50-17-13-27(22-50)49(4)37-29-20-46-35(28-8-5-7-24-9-11-30(44)33(42)32(24)28)34(45)36(29)47-38(48-37)55-23-41-15-6-16-51(41)21-25(43)19-41/h5,7-12,20,25-27H,6,13-19,21-23H2,1-4H3/b12-10+/t25-,26+,27-,41+/m1/s1. The number of benzene rings is 2. The van der Waals surface area contributed by atoms with E-state index in [9.17, 15) is 18.4 Å². The van der Waals surface area contributed by atoms with Crippen molar-refractivity contribution in [2.24, 2.45) is 0 Å². The Bertz CT molecular complexity index is 2240. The number of rotatable bonds is 8. The molecule has 8 rings (SSSR count). The first-order valence-electron chi connectivity index (χ1n) is 19.2. The Morgan fingerprint density at radius 3 is 2.68 bits per heavy atom. The number of hydrogen-bond donors (Lipinski definition) is 0. The van der Waals surface area contributed by atoms with Gasteiger partial charge in [0.25, 0.3) is 0 Å². The Morgan fingerprint density at radius 2 is 1.91 bits per heavy atom. The fraction of sp³-hybridized carbons (Fsp3) is 0.488. The highest BCUT2D eigenvalue weighted by atomic mass is 35.5. The number of aromatic nitrogens is 3. The summed E-state index contributed by atoms with van der Waals surface area (Å²) in [6.07, 6.45) is 6.78. The minimum atomic E-state index is -0.956. The summed E-state index contributed by atoms with van der Waals surface area (Å²) in [5, 5.41) is 1.12. The van der Waals surface area contributed by atoms with Crippen LogP contribution >= 0.6 is 11.6 Å².